The number of likely N-dealkylation sites (tertiary alicyclic amines) is 2. The Labute approximate surface area is 564 Å². The number of aromatic nitrogens is 3. The van der Waals surface area contributed by atoms with Crippen LogP contribution in [0.1, 0.15) is 132 Å². The summed E-state index contributed by atoms with van der Waals surface area (Å²) in [6, 6.07) is 22.4. The van der Waals surface area contributed by atoms with Crippen molar-refractivity contribution in [2.75, 3.05) is 136 Å². The summed E-state index contributed by atoms with van der Waals surface area (Å²) in [5.74, 6) is 2.20. The van der Waals surface area contributed by atoms with E-state index in [1.54, 1.807) is 54.7 Å². The van der Waals surface area contributed by atoms with Crippen LogP contribution in [-0.4, -0.2) is 233 Å². The van der Waals surface area contributed by atoms with E-state index in [1.807, 2.05) is 88.5 Å². The second-order valence-electron chi connectivity index (χ2n) is 28.1. The maximum atomic E-state index is 14.8. The fourth-order valence-electron chi connectivity index (χ4n) is 13.7. The SMILES string of the molecule is CCOc1cc(OC)ccc1CN(CC(=O)N1CCCC(c2cccc(C(=O)N3CCC(CN4CCN(CC(=O)N5CCN(CC[C@H](NC(=O)C6(NC(=O)OC(C)(C)C)CCN(c7ncnc8[nH]ccc78)CC6)c6ccc(Cl)cc6)CC5)CC4)CC3)c2)C1)C(=O)OC(C)(C)C. The van der Waals surface area contributed by atoms with Gasteiger partial charge in [0, 0.05) is 139 Å². The van der Waals surface area contributed by atoms with Crippen molar-refractivity contribution in [2.24, 2.45) is 5.92 Å². The molecule has 0 saturated carbocycles. The zero-order valence-electron chi connectivity index (χ0n) is 56.8. The average Bonchev–Trinajstić information content (AvgIpc) is 1.72. The quantitative estimate of drug-likeness (QED) is 0.0624. The van der Waals surface area contributed by atoms with E-state index in [2.05, 4.69) is 51.3 Å². The zero-order chi connectivity index (χ0) is 67.4. The van der Waals surface area contributed by atoms with Crippen LogP contribution in [0.5, 0.6) is 11.5 Å². The van der Waals surface area contributed by atoms with Crippen molar-refractivity contribution in [3.8, 4) is 11.5 Å². The molecule has 95 heavy (non-hydrogen) atoms. The van der Waals surface area contributed by atoms with E-state index in [4.69, 9.17) is 30.5 Å². The zero-order valence-corrected chi connectivity index (χ0v) is 57.6. The third kappa shape index (κ3) is 18.9. The highest BCUT2D eigenvalue weighted by Crippen LogP contribution is 2.34. The van der Waals surface area contributed by atoms with E-state index < -0.39 is 35.0 Å². The molecule has 514 valence electrons. The first-order valence-corrected chi connectivity index (χ1v) is 34.4. The van der Waals surface area contributed by atoms with Crippen LogP contribution < -0.4 is 25.0 Å². The second kappa shape index (κ2) is 31.4. The van der Waals surface area contributed by atoms with Gasteiger partial charge in [0.25, 0.3) is 5.91 Å². The van der Waals surface area contributed by atoms with Crippen LogP contribution in [0.25, 0.3) is 11.0 Å². The number of hydrogen-bond donors (Lipinski definition) is 3. The fraction of sp³-hybridized carbons (Fsp3) is 0.577. The van der Waals surface area contributed by atoms with E-state index >= 15 is 0 Å². The topological polar surface area (TPSA) is 231 Å². The average molecular weight is 1330 g/mol. The number of carbonyl (C=O) groups excluding carboxylic acids is 6. The standard InChI is InChI=1S/C71H98ClN13O10/c1-9-93-60-43-57(92-8)20-17-55(60)46-85(68(91)95-70(5,6)7)48-62(87)84-28-11-14-54(45-84)52-12-10-13-53(42-52)65(88)83-30-22-50(23-31-83)44-79-34-36-80(37-35-79)47-61(86)81-40-38-78(39-41-81)29-24-59(51-15-18-56(72)19-16-51)76-66(89)71(77-67(90)94-69(2,3)4)25-32-82(33-26-71)64-58-21-27-73-63(58)74-49-75-64/h10,12-13,15-21,27,42-43,49-50,54,59H,9,11,14,22-26,28-41,44-48H2,1-8H3,(H,76,89)(H,77,90)(H,73,74,75)/t54?,59-/m0/s1. The number of ether oxygens (including phenoxy) is 4. The lowest BCUT2D eigenvalue weighted by molar-refractivity contribution is -0.135. The monoisotopic (exact) mass is 1330 g/mol. The van der Waals surface area contributed by atoms with Gasteiger partial charge in [0.1, 0.15) is 52.6 Å². The molecule has 1 unspecified atom stereocenters. The number of nitrogens with zero attached hydrogens (tertiary/aromatic N) is 10. The maximum Gasteiger partial charge on any atom is 0.411 e. The fourth-order valence-corrected chi connectivity index (χ4v) is 13.8. The summed E-state index contributed by atoms with van der Waals surface area (Å²) in [5, 5.41) is 7.85. The molecule has 6 amide bonds. The van der Waals surface area contributed by atoms with Gasteiger partial charge in [-0.05, 0) is 153 Å². The molecule has 2 atom stereocenters. The van der Waals surface area contributed by atoms with Crippen LogP contribution in [-0.2, 0) is 30.4 Å². The van der Waals surface area contributed by atoms with Crippen molar-refractivity contribution in [3.05, 3.63) is 113 Å². The lowest BCUT2D eigenvalue weighted by Crippen LogP contribution is -2.64. The van der Waals surface area contributed by atoms with E-state index in [0.29, 0.717) is 132 Å². The predicted molar refractivity (Wildman–Crippen MR) is 365 cm³/mol. The second-order valence-corrected chi connectivity index (χ2v) is 28.5. The molecule has 0 radical (unpaired) electrons. The molecule has 5 saturated heterocycles. The van der Waals surface area contributed by atoms with Crippen molar-refractivity contribution in [1.29, 1.82) is 0 Å². The minimum atomic E-state index is -1.25. The number of carbonyl (C=O) groups is 6. The molecule has 5 aliphatic heterocycles. The lowest BCUT2D eigenvalue weighted by atomic mass is 9.85. The molecule has 3 aromatic carbocycles. The molecule has 5 fully saturated rings. The number of H-pyrrole nitrogens is 1. The van der Waals surface area contributed by atoms with Crippen molar-refractivity contribution in [3.63, 3.8) is 0 Å². The van der Waals surface area contributed by atoms with Crippen LogP contribution in [0.4, 0.5) is 15.4 Å². The number of amides is 6. The summed E-state index contributed by atoms with van der Waals surface area (Å²) in [6.45, 7) is 24.6. The number of nitrogens with one attached hydrogen (secondary N) is 3. The van der Waals surface area contributed by atoms with Crippen LogP contribution in [0.15, 0.2) is 85.3 Å². The molecule has 0 aliphatic carbocycles. The van der Waals surface area contributed by atoms with Gasteiger partial charge in [-0.3, -0.25) is 33.9 Å². The molecule has 5 aromatic rings. The summed E-state index contributed by atoms with van der Waals surface area (Å²) in [7, 11) is 1.58. The van der Waals surface area contributed by atoms with Crippen molar-refractivity contribution in [2.45, 2.75) is 129 Å². The van der Waals surface area contributed by atoms with Crippen LogP contribution >= 0.6 is 11.6 Å². The molecule has 7 heterocycles. The number of benzene rings is 3. The number of halogens is 1. The van der Waals surface area contributed by atoms with Gasteiger partial charge in [-0.15, -0.1) is 0 Å². The number of alkyl carbamates (subject to hydrolysis) is 1. The van der Waals surface area contributed by atoms with Gasteiger partial charge in [-0.25, -0.2) is 19.6 Å². The number of piperidine rings is 3. The number of rotatable bonds is 21. The first-order valence-electron chi connectivity index (χ1n) is 34.0. The molecular weight excluding hydrogens is 1230 g/mol. The molecule has 23 nitrogen and oxygen atoms in total. The van der Waals surface area contributed by atoms with Gasteiger partial charge in [0.2, 0.25) is 17.7 Å². The van der Waals surface area contributed by atoms with Crippen molar-refractivity contribution in [1.82, 2.24) is 59.9 Å². The molecule has 3 N–H and O–H groups in total. The Kier molecular flexibility index (Phi) is 23.2. The molecule has 5 aliphatic rings. The third-order valence-corrected chi connectivity index (χ3v) is 19.2. The summed E-state index contributed by atoms with van der Waals surface area (Å²) < 4.78 is 22.8. The maximum absolute atomic E-state index is 14.8. The largest absolute Gasteiger partial charge is 0.497 e. The normalized spacial score (nSPS) is 19.0. The van der Waals surface area contributed by atoms with E-state index in [-0.39, 0.29) is 42.6 Å². The number of piperazine rings is 2. The smallest absolute Gasteiger partial charge is 0.411 e. The highest BCUT2D eigenvalue weighted by Gasteiger charge is 2.45. The molecule has 0 bridgehead atoms. The summed E-state index contributed by atoms with van der Waals surface area (Å²) in [6.07, 6.45) is 6.88. The van der Waals surface area contributed by atoms with Crippen LogP contribution in [0, 0.1) is 5.92 Å². The van der Waals surface area contributed by atoms with Crippen molar-refractivity contribution < 1.29 is 47.7 Å². The number of fused-ring (bicyclic) bond motifs is 1. The van der Waals surface area contributed by atoms with Crippen LogP contribution in [0.3, 0.4) is 0 Å². The Hall–Kier alpha value is -7.73. The highest BCUT2D eigenvalue weighted by molar-refractivity contribution is 6.30. The molecule has 24 heteroatoms. The Morgan fingerprint density at radius 3 is 2.15 bits per heavy atom. The predicted octanol–water partition coefficient (Wildman–Crippen LogP) is 8.59. The Morgan fingerprint density at radius 2 is 1.45 bits per heavy atom. The van der Waals surface area contributed by atoms with Gasteiger partial charge in [0.15, 0.2) is 0 Å². The molecule has 0 spiro atoms. The van der Waals surface area contributed by atoms with E-state index in [0.717, 1.165) is 91.9 Å². The highest BCUT2D eigenvalue weighted by atomic mass is 35.5. The van der Waals surface area contributed by atoms with Gasteiger partial charge in [0.05, 0.1) is 38.2 Å². The Bertz CT molecular complexity index is 3430. The summed E-state index contributed by atoms with van der Waals surface area (Å²) >= 11 is 6.37. The number of aromatic amines is 1. The molecule has 10 rings (SSSR count). The number of hydrogen-bond acceptors (Lipinski definition) is 16. The van der Waals surface area contributed by atoms with Gasteiger partial charge < -0.3 is 59.1 Å². The number of anilines is 1. The molecular formula is C71H98ClN13O10. The summed E-state index contributed by atoms with van der Waals surface area (Å²) in [4.78, 5) is 113. The van der Waals surface area contributed by atoms with E-state index in [1.165, 1.54) is 11.2 Å². The van der Waals surface area contributed by atoms with E-state index in [9.17, 15) is 28.8 Å². The Balaban J connectivity index is 0.652. The minimum absolute atomic E-state index is 0.0304. The molecule has 2 aromatic heterocycles. The minimum Gasteiger partial charge on any atom is -0.497 e. The van der Waals surface area contributed by atoms with Crippen LogP contribution in [0.2, 0.25) is 5.02 Å². The number of methoxy groups -OCH3 is 1. The van der Waals surface area contributed by atoms with Gasteiger partial charge in [-0.1, -0.05) is 35.9 Å². The van der Waals surface area contributed by atoms with Gasteiger partial charge in [-0.2, -0.15) is 0 Å². The lowest BCUT2D eigenvalue weighted by Gasteiger charge is -2.42. The first kappa shape index (κ1) is 70.1. The Morgan fingerprint density at radius 1 is 0.747 bits per heavy atom. The third-order valence-electron chi connectivity index (χ3n) is 19.0. The first-order chi connectivity index (χ1) is 45.5. The van der Waals surface area contributed by atoms with Gasteiger partial charge >= 0.3 is 12.2 Å². The summed E-state index contributed by atoms with van der Waals surface area (Å²) in [5.41, 5.74) is 1.27. The van der Waals surface area contributed by atoms with Crippen molar-refractivity contribution >= 4 is 64.3 Å².